The highest BCUT2D eigenvalue weighted by molar-refractivity contribution is 5.78. The number of carbonyl (C=O) groups is 2. The van der Waals surface area contributed by atoms with Crippen LogP contribution in [0.4, 0.5) is 0 Å². The van der Waals surface area contributed by atoms with Gasteiger partial charge in [0.05, 0.1) is 5.92 Å². The van der Waals surface area contributed by atoms with E-state index in [0.717, 1.165) is 55.2 Å². The first-order chi connectivity index (χ1) is 14.5. The Morgan fingerprint density at radius 2 is 1.52 bits per heavy atom. The van der Waals surface area contributed by atoms with E-state index in [1.165, 1.54) is 0 Å². The summed E-state index contributed by atoms with van der Waals surface area (Å²) in [7, 11) is 0. The Kier molecular flexibility index (Phi) is 11.1. The van der Waals surface area contributed by atoms with Crippen molar-refractivity contribution in [2.24, 2.45) is 0 Å². The first kappa shape index (κ1) is 27.0. The predicted molar refractivity (Wildman–Crippen MR) is 124 cm³/mol. The number of esters is 2. The van der Waals surface area contributed by atoms with E-state index in [-0.39, 0.29) is 18.0 Å². The molecule has 1 aromatic rings. The van der Waals surface area contributed by atoms with E-state index in [1.54, 1.807) is 6.92 Å². The van der Waals surface area contributed by atoms with Crippen LogP contribution in [0.2, 0.25) is 0 Å². The van der Waals surface area contributed by atoms with E-state index in [1.807, 2.05) is 39.8 Å². The number of phenols is 1. The number of rotatable bonds is 13. The van der Waals surface area contributed by atoms with Gasteiger partial charge in [0.25, 0.3) is 0 Å². The fourth-order valence-corrected chi connectivity index (χ4v) is 3.74. The van der Waals surface area contributed by atoms with Crippen LogP contribution in [0.25, 0.3) is 0 Å². The summed E-state index contributed by atoms with van der Waals surface area (Å²) in [6, 6.07) is 3.90. The third-order valence-electron chi connectivity index (χ3n) is 5.52. The molecule has 176 valence electrons. The molecule has 1 aromatic carbocycles. The Morgan fingerprint density at radius 1 is 1.00 bits per heavy atom. The van der Waals surface area contributed by atoms with Crippen LogP contribution >= 0.6 is 0 Å². The van der Waals surface area contributed by atoms with E-state index < -0.39 is 11.5 Å². The number of aromatic hydroxyl groups is 1. The second kappa shape index (κ2) is 12.7. The molecule has 0 saturated carbocycles. The fraction of sp³-hybridized carbons (Fsp3) is 0.692. The quantitative estimate of drug-likeness (QED) is 0.372. The minimum Gasteiger partial charge on any atom is -0.507 e. The normalized spacial score (nSPS) is 13.5. The highest BCUT2D eigenvalue weighted by atomic mass is 16.6. The topological polar surface area (TPSA) is 72.8 Å². The third kappa shape index (κ3) is 8.92. The van der Waals surface area contributed by atoms with Gasteiger partial charge in [-0.05, 0) is 70.1 Å². The number of aryl methyl sites for hydroxylation is 2. The molecule has 0 heterocycles. The molecule has 0 bridgehead atoms. The smallest absolute Gasteiger partial charge is 0.313 e. The van der Waals surface area contributed by atoms with Crippen molar-refractivity contribution in [3.63, 3.8) is 0 Å². The van der Waals surface area contributed by atoms with Crippen molar-refractivity contribution in [3.8, 4) is 5.75 Å². The molecule has 5 nitrogen and oxygen atoms in total. The number of hydrogen-bond acceptors (Lipinski definition) is 5. The van der Waals surface area contributed by atoms with Gasteiger partial charge >= 0.3 is 11.9 Å². The molecule has 0 fully saturated rings. The maximum absolute atomic E-state index is 12.9. The minimum absolute atomic E-state index is 0.264. The summed E-state index contributed by atoms with van der Waals surface area (Å²) in [5, 5.41) is 10.7. The molecule has 1 N–H and O–H groups in total. The lowest BCUT2D eigenvalue weighted by molar-refractivity contribution is -0.162. The molecule has 5 heteroatoms. The van der Waals surface area contributed by atoms with Crippen molar-refractivity contribution < 1.29 is 24.2 Å². The van der Waals surface area contributed by atoms with Crippen molar-refractivity contribution >= 4 is 11.9 Å². The molecule has 0 amide bonds. The summed E-state index contributed by atoms with van der Waals surface area (Å²) in [5.74, 6) is -0.636. The molecule has 2 atom stereocenters. The molecular weight excluding hydrogens is 392 g/mol. The largest absolute Gasteiger partial charge is 0.507 e. The van der Waals surface area contributed by atoms with Gasteiger partial charge in [-0.25, -0.2) is 0 Å². The zero-order chi connectivity index (χ0) is 23.6. The average molecular weight is 435 g/mol. The summed E-state index contributed by atoms with van der Waals surface area (Å²) in [6.45, 7) is 13.3. The summed E-state index contributed by atoms with van der Waals surface area (Å²) < 4.78 is 11.1. The van der Waals surface area contributed by atoms with Crippen molar-refractivity contribution in [2.75, 3.05) is 0 Å². The number of carbonyl (C=O) groups excluding carboxylic acids is 2. The van der Waals surface area contributed by atoms with Gasteiger partial charge in [-0.15, -0.1) is 0 Å². The molecule has 1 rings (SSSR count). The lowest BCUT2D eigenvalue weighted by Gasteiger charge is -2.28. The third-order valence-corrected chi connectivity index (χ3v) is 5.52. The van der Waals surface area contributed by atoms with E-state index in [4.69, 9.17) is 9.47 Å². The van der Waals surface area contributed by atoms with Gasteiger partial charge in [-0.1, -0.05) is 45.7 Å². The highest BCUT2D eigenvalue weighted by Crippen LogP contribution is 2.31. The number of benzene rings is 1. The van der Waals surface area contributed by atoms with Gasteiger partial charge in [-0.3, -0.25) is 9.59 Å². The average Bonchev–Trinajstić information content (AvgIpc) is 2.70. The maximum atomic E-state index is 12.9. The number of phenolic OH excluding ortho intramolecular Hbond substituents is 1. The first-order valence-corrected chi connectivity index (χ1v) is 11.8. The first-order valence-electron chi connectivity index (χ1n) is 11.8. The lowest BCUT2D eigenvalue weighted by Crippen LogP contribution is -2.33. The van der Waals surface area contributed by atoms with Crippen molar-refractivity contribution in [3.05, 3.63) is 28.8 Å². The Hall–Kier alpha value is -2.04. The molecule has 31 heavy (non-hydrogen) atoms. The van der Waals surface area contributed by atoms with Crippen LogP contribution in [0.15, 0.2) is 12.1 Å². The molecule has 0 radical (unpaired) electrons. The Morgan fingerprint density at radius 3 is 1.97 bits per heavy atom. The van der Waals surface area contributed by atoms with E-state index in [2.05, 4.69) is 13.8 Å². The van der Waals surface area contributed by atoms with Gasteiger partial charge in [0, 0.05) is 12.8 Å². The summed E-state index contributed by atoms with van der Waals surface area (Å²) in [5.41, 5.74) is 2.00. The fourth-order valence-electron chi connectivity index (χ4n) is 3.74. The molecule has 0 saturated heterocycles. The Bertz CT molecular complexity index is 694. The molecule has 0 spiro atoms. The van der Waals surface area contributed by atoms with Gasteiger partial charge < -0.3 is 14.6 Å². The van der Waals surface area contributed by atoms with Gasteiger partial charge in [0.15, 0.2) is 0 Å². The van der Waals surface area contributed by atoms with E-state index >= 15 is 0 Å². The van der Waals surface area contributed by atoms with Gasteiger partial charge in [0.1, 0.15) is 17.5 Å². The zero-order valence-corrected chi connectivity index (χ0v) is 20.5. The SMILES string of the molecule is CCCCc1cc(C(C)C(=O)OC(C)CC(C)(C)OC(=O)CC)cc(CCCC)c1O. The standard InChI is InChI=1S/C26H42O5/c1-8-11-13-20-15-22(16-21(24(20)28)14-12-9-2)19(5)25(29)30-18(4)17-26(6,7)31-23(27)10-3/h15-16,18-19,28H,8-14,17H2,1-7H3. The molecular formula is C26H42O5. The Labute approximate surface area is 188 Å². The summed E-state index contributed by atoms with van der Waals surface area (Å²) >= 11 is 0. The molecule has 0 aliphatic rings. The second-order valence-corrected chi connectivity index (χ2v) is 9.16. The molecule has 2 unspecified atom stereocenters. The molecule has 0 aromatic heterocycles. The number of hydrogen-bond donors (Lipinski definition) is 1. The predicted octanol–water partition coefficient (Wildman–Crippen LogP) is 6.23. The second-order valence-electron chi connectivity index (χ2n) is 9.16. The van der Waals surface area contributed by atoms with Crippen LogP contribution in [0.3, 0.4) is 0 Å². The monoisotopic (exact) mass is 434 g/mol. The van der Waals surface area contributed by atoms with Crippen molar-refractivity contribution in [1.29, 1.82) is 0 Å². The van der Waals surface area contributed by atoms with Crippen LogP contribution < -0.4 is 0 Å². The molecule has 0 aliphatic carbocycles. The number of unbranched alkanes of at least 4 members (excludes halogenated alkanes) is 2. The van der Waals surface area contributed by atoms with Crippen LogP contribution in [-0.2, 0) is 31.9 Å². The summed E-state index contributed by atoms with van der Waals surface area (Å²) in [6.07, 6.45) is 6.02. The Balaban J connectivity index is 2.95. The van der Waals surface area contributed by atoms with Gasteiger partial charge in [-0.2, -0.15) is 0 Å². The zero-order valence-electron chi connectivity index (χ0n) is 20.5. The number of ether oxygens (including phenoxy) is 2. The highest BCUT2D eigenvalue weighted by Gasteiger charge is 2.28. The lowest BCUT2D eigenvalue weighted by atomic mass is 9.91. The van der Waals surface area contributed by atoms with Gasteiger partial charge in [0.2, 0.25) is 0 Å². The summed E-state index contributed by atoms with van der Waals surface area (Å²) in [4.78, 5) is 24.5. The van der Waals surface area contributed by atoms with Crippen LogP contribution in [-0.4, -0.2) is 28.8 Å². The van der Waals surface area contributed by atoms with Crippen LogP contribution in [0.5, 0.6) is 5.75 Å². The molecule has 0 aliphatic heterocycles. The van der Waals surface area contributed by atoms with Crippen molar-refractivity contribution in [2.45, 2.75) is 117 Å². The van der Waals surface area contributed by atoms with E-state index in [9.17, 15) is 14.7 Å². The van der Waals surface area contributed by atoms with Crippen LogP contribution in [0, 0.1) is 0 Å². The van der Waals surface area contributed by atoms with E-state index in [0.29, 0.717) is 18.6 Å². The van der Waals surface area contributed by atoms with Crippen molar-refractivity contribution in [1.82, 2.24) is 0 Å². The van der Waals surface area contributed by atoms with Crippen LogP contribution in [0.1, 0.15) is 110 Å². The maximum Gasteiger partial charge on any atom is 0.313 e. The minimum atomic E-state index is -0.699.